The lowest BCUT2D eigenvalue weighted by Gasteiger charge is -2.32. The summed E-state index contributed by atoms with van der Waals surface area (Å²) in [6.07, 6.45) is 3.96. The number of likely N-dealkylation sites (tertiary alicyclic amines) is 1. The second-order valence-electron chi connectivity index (χ2n) is 10.0. The Kier molecular flexibility index (Phi) is 7.23. The zero-order chi connectivity index (χ0) is 23.8. The summed E-state index contributed by atoms with van der Waals surface area (Å²) in [6.45, 7) is 7.71. The van der Waals surface area contributed by atoms with Crippen LogP contribution in [0, 0.1) is 5.82 Å². The van der Waals surface area contributed by atoms with Gasteiger partial charge in [-0.15, -0.1) is 0 Å². The smallest absolute Gasteiger partial charge is 0.341 e. The Morgan fingerprint density at radius 2 is 1.67 bits per heavy atom. The number of nitrogens with zero attached hydrogens (tertiary/aromatic N) is 1. The van der Waals surface area contributed by atoms with E-state index in [9.17, 15) is 9.18 Å². The highest BCUT2D eigenvalue weighted by atomic mass is 35.5. The topological polar surface area (TPSA) is 38.8 Å². The van der Waals surface area contributed by atoms with Crippen LogP contribution in [0.2, 0.25) is 10.0 Å². The van der Waals surface area contributed by atoms with Gasteiger partial charge in [-0.05, 0) is 93.8 Å². The molecule has 0 bridgehead atoms. The maximum Gasteiger partial charge on any atom is 0.341 e. The standard InChI is InChI=1S/C26H30Cl2FNO3/c1-26(2,3)33-25(31)23-14-22(16-4-5-16)17(10-24(23)29)15-30-8-6-20(7-9-30)32-21-12-18(27)11-19(28)13-21/h10-14,16,20H,4-9,15H2,1-3H3. The number of hydrogen-bond donors (Lipinski definition) is 0. The van der Waals surface area contributed by atoms with E-state index in [2.05, 4.69) is 4.90 Å². The molecule has 0 N–H and O–H groups in total. The van der Waals surface area contributed by atoms with E-state index in [0.717, 1.165) is 49.9 Å². The highest BCUT2D eigenvalue weighted by Crippen LogP contribution is 2.43. The van der Waals surface area contributed by atoms with Crippen LogP contribution in [0.3, 0.4) is 0 Å². The number of esters is 1. The van der Waals surface area contributed by atoms with Gasteiger partial charge in [0.15, 0.2) is 0 Å². The van der Waals surface area contributed by atoms with Gasteiger partial charge in [0.05, 0.1) is 5.56 Å². The maximum absolute atomic E-state index is 14.9. The van der Waals surface area contributed by atoms with Crippen molar-refractivity contribution in [1.29, 1.82) is 0 Å². The number of hydrogen-bond acceptors (Lipinski definition) is 4. The average Bonchev–Trinajstić information content (AvgIpc) is 3.52. The van der Waals surface area contributed by atoms with Gasteiger partial charge in [-0.2, -0.15) is 0 Å². The molecule has 1 aliphatic carbocycles. The zero-order valence-electron chi connectivity index (χ0n) is 19.3. The number of piperidine rings is 1. The molecule has 1 heterocycles. The Balaban J connectivity index is 1.41. The molecule has 2 aliphatic rings. The molecular weight excluding hydrogens is 464 g/mol. The first kappa shape index (κ1) is 24.3. The molecule has 0 spiro atoms. The van der Waals surface area contributed by atoms with Gasteiger partial charge >= 0.3 is 5.97 Å². The second kappa shape index (κ2) is 9.81. The Labute approximate surface area is 205 Å². The van der Waals surface area contributed by atoms with Crippen LogP contribution in [-0.2, 0) is 11.3 Å². The van der Waals surface area contributed by atoms with Crippen molar-refractivity contribution >= 4 is 29.2 Å². The summed E-state index contributed by atoms with van der Waals surface area (Å²) < 4.78 is 26.4. The predicted molar refractivity (Wildman–Crippen MR) is 129 cm³/mol. The van der Waals surface area contributed by atoms with Crippen molar-refractivity contribution in [1.82, 2.24) is 4.90 Å². The lowest BCUT2D eigenvalue weighted by atomic mass is 9.97. The summed E-state index contributed by atoms with van der Waals surface area (Å²) in [6, 6.07) is 8.48. The first-order valence-electron chi connectivity index (χ1n) is 11.5. The van der Waals surface area contributed by atoms with E-state index in [1.54, 1.807) is 45.0 Å². The van der Waals surface area contributed by atoms with E-state index >= 15 is 0 Å². The molecular formula is C26H30Cl2FNO3. The van der Waals surface area contributed by atoms with Crippen molar-refractivity contribution < 1.29 is 18.7 Å². The third-order valence-electron chi connectivity index (χ3n) is 5.93. The highest BCUT2D eigenvalue weighted by molar-refractivity contribution is 6.34. The van der Waals surface area contributed by atoms with Gasteiger partial charge in [0.2, 0.25) is 0 Å². The van der Waals surface area contributed by atoms with Gasteiger partial charge in [0, 0.05) is 29.7 Å². The lowest BCUT2D eigenvalue weighted by molar-refractivity contribution is 0.00644. The molecule has 0 atom stereocenters. The van der Waals surface area contributed by atoms with Crippen molar-refractivity contribution in [2.45, 2.75) is 70.6 Å². The van der Waals surface area contributed by atoms with Crippen molar-refractivity contribution in [2.75, 3.05) is 13.1 Å². The van der Waals surface area contributed by atoms with Crippen LogP contribution in [0.5, 0.6) is 5.75 Å². The molecule has 1 saturated heterocycles. The van der Waals surface area contributed by atoms with E-state index in [1.165, 1.54) is 6.07 Å². The minimum absolute atomic E-state index is 0.0304. The van der Waals surface area contributed by atoms with Crippen LogP contribution in [-0.4, -0.2) is 35.7 Å². The van der Waals surface area contributed by atoms with Crippen LogP contribution in [0.1, 0.15) is 73.9 Å². The monoisotopic (exact) mass is 493 g/mol. The fraction of sp³-hybridized carbons (Fsp3) is 0.500. The van der Waals surface area contributed by atoms with Gasteiger partial charge in [0.25, 0.3) is 0 Å². The molecule has 2 aromatic carbocycles. The number of carbonyl (C=O) groups excluding carboxylic acids is 1. The minimum Gasteiger partial charge on any atom is -0.490 e. The summed E-state index contributed by atoms with van der Waals surface area (Å²) in [5, 5.41) is 1.11. The number of halogens is 3. The number of rotatable bonds is 6. The van der Waals surface area contributed by atoms with Crippen LogP contribution >= 0.6 is 23.2 Å². The summed E-state index contributed by atoms with van der Waals surface area (Å²) in [5.74, 6) is -0.0377. The van der Waals surface area contributed by atoms with Crippen molar-refractivity contribution in [3.05, 3.63) is 62.9 Å². The molecule has 0 radical (unpaired) electrons. The van der Waals surface area contributed by atoms with Gasteiger partial charge in [-0.3, -0.25) is 4.90 Å². The Hall–Kier alpha value is -1.82. The Bertz CT molecular complexity index is 1000. The first-order valence-corrected chi connectivity index (χ1v) is 12.2. The van der Waals surface area contributed by atoms with E-state index in [1.807, 2.05) is 0 Å². The lowest BCUT2D eigenvalue weighted by Crippen LogP contribution is -2.38. The largest absolute Gasteiger partial charge is 0.490 e. The maximum atomic E-state index is 14.9. The Morgan fingerprint density at radius 1 is 1.03 bits per heavy atom. The normalized spacial score (nSPS) is 17.8. The van der Waals surface area contributed by atoms with Crippen molar-refractivity contribution in [3.8, 4) is 5.75 Å². The fourth-order valence-electron chi connectivity index (χ4n) is 4.25. The summed E-state index contributed by atoms with van der Waals surface area (Å²) in [7, 11) is 0. The van der Waals surface area contributed by atoms with E-state index in [4.69, 9.17) is 32.7 Å². The molecule has 2 fully saturated rings. The molecule has 33 heavy (non-hydrogen) atoms. The van der Waals surface area contributed by atoms with Crippen molar-refractivity contribution in [3.63, 3.8) is 0 Å². The number of benzene rings is 2. The predicted octanol–water partition coefficient (Wildman–Crippen LogP) is 7.01. The number of ether oxygens (including phenoxy) is 2. The molecule has 1 aliphatic heterocycles. The van der Waals surface area contributed by atoms with Gasteiger partial charge < -0.3 is 9.47 Å². The molecule has 2 aromatic rings. The highest BCUT2D eigenvalue weighted by Gasteiger charge is 2.31. The van der Waals surface area contributed by atoms with Gasteiger partial charge in [-0.25, -0.2) is 9.18 Å². The molecule has 4 rings (SSSR count). The fourth-order valence-corrected chi connectivity index (χ4v) is 4.75. The third kappa shape index (κ3) is 6.62. The van der Waals surface area contributed by atoms with E-state index in [-0.39, 0.29) is 11.7 Å². The van der Waals surface area contributed by atoms with Crippen LogP contribution in [0.15, 0.2) is 30.3 Å². The molecule has 1 saturated carbocycles. The van der Waals surface area contributed by atoms with Crippen LogP contribution in [0.25, 0.3) is 0 Å². The Morgan fingerprint density at radius 3 is 2.24 bits per heavy atom. The molecule has 0 unspecified atom stereocenters. The average molecular weight is 494 g/mol. The molecule has 7 heteroatoms. The molecule has 0 aromatic heterocycles. The zero-order valence-corrected chi connectivity index (χ0v) is 20.8. The van der Waals surface area contributed by atoms with Crippen molar-refractivity contribution in [2.24, 2.45) is 0 Å². The van der Waals surface area contributed by atoms with Gasteiger partial charge in [-0.1, -0.05) is 23.2 Å². The first-order chi connectivity index (χ1) is 15.6. The summed E-state index contributed by atoms with van der Waals surface area (Å²) >= 11 is 12.1. The van der Waals surface area contributed by atoms with Crippen LogP contribution in [0.4, 0.5) is 4.39 Å². The molecule has 0 amide bonds. The number of carbonyl (C=O) groups is 1. The minimum atomic E-state index is -0.662. The van der Waals surface area contributed by atoms with Gasteiger partial charge in [0.1, 0.15) is 23.3 Å². The second-order valence-corrected chi connectivity index (χ2v) is 10.9. The third-order valence-corrected chi connectivity index (χ3v) is 6.37. The van der Waals surface area contributed by atoms with Crippen LogP contribution < -0.4 is 4.74 Å². The van der Waals surface area contributed by atoms with E-state index in [0.29, 0.717) is 28.3 Å². The quantitative estimate of drug-likeness (QED) is 0.405. The SMILES string of the molecule is CC(C)(C)OC(=O)c1cc(C2CC2)c(CN2CCC(Oc3cc(Cl)cc(Cl)c3)CC2)cc1F. The molecule has 4 nitrogen and oxygen atoms in total. The van der Waals surface area contributed by atoms with E-state index < -0.39 is 17.4 Å². The summed E-state index contributed by atoms with van der Waals surface area (Å²) in [4.78, 5) is 14.8. The summed E-state index contributed by atoms with van der Waals surface area (Å²) in [5.41, 5.74) is 1.40. The molecule has 178 valence electrons.